The van der Waals surface area contributed by atoms with Crippen LogP contribution in [-0.4, -0.2) is 17.0 Å². The molecule has 1 heterocycles. The van der Waals surface area contributed by atoms with E-state index in [1.165, 1.54) is 35.5 Å². The van der Waals surface area contributed by atoms with Gasteiger partial charge in [-0.05, 0) is 49.5 Å². The number of thiophene rings is 1. The minimum atomic E-state index is 0.512. The van der Waals surface area contributed by atoms with E-state index in [1.54, 1.807) is 0 Å². The lowest BCUT2D eigenvalue weighted by Crippen LogP contribution is -2.36. The van der Waals surface area contributed by atoms with Crippen LogP contribution in [0.4, 0.5) is 0 Å². The van der Waals surface area contributed by atoms with Crippen LogP contribution in [0, 0.1) is 6.92 Å². The molecule has 0 bridgehead atoms. The van der Waals surface area contributed by atoms with E-state index in [0.717, 1.165) is 11.3 Å². The molecule has 1 aromatic heterocycles. The summed E-state index contributed by atoms with van der Waals surface area (Å²) < 4.78 is 0. The van der Waals surface area contributed by atoms with Crippen LogP contribution in [0.3, 0.4) is 0 Å². The Hall–Kier alpha value is 0.0100. The Bertz CT molecular complexity index is 348. The van der Waals surface area contributed by atoms with E-state index < -0.39 is 0 Å². The van der Waals surface area contributed by atoms with Gasteiger partial charge < -0.3 is 5.32 Å². The first kappa shape index (κ1) is 13.4. The first-order valence-electron chi connectivity index (χ1n) is 6.64. The molecule has 1 saturated carbocycles. The van der Waals surface area contributed by atoms with Crippen molar-refractivity contribution in [2.75, 3.05) is 5.75 Å². The predicted octanol–water partition coefficient (Wildman–Crippen LogP) is 4.38. The summed E-state index contributed by atoms with van der Waals surface area (Å²) in [4.78, 5) is 1.51. The molecule has 3 unspecified atom stereocenters. The van der Waals surface area contributed by atoms with E-state index in [0.29, 0.717) is 6.04 Å². The van der Waals surface area contributed by atoms with Crippen molar-refractivity contribution in [1.82, 2.24) is 5.32 Å². The molecule has 96 valence electrons. The second-order valence-corrected chi connectivity index (χ2v) is 7.35. The molecule has 0 aromatic carbocycles. The van der Waals surface area contributed by atoms with Crippen LogP contribution < -0.4 is 5.32 Å². The highest BCUT2D eigenvalue weighted by atomic mass is 32.2. The predicted molar refractivity (Wildman–Crippen MR) is 80.2 cm³/mol. The van der Waals surface area contributed by atoms with E-state index in [9.17, 15) is 0 Å². The number of nitrogens with one attached hydrogen (secondary N) is 1. The van der Waals surface area contributed by atoms with E-state index in [1.807, 2.05) is 11.3 Å². The molecule has 1 N–H and O–H groups in total. The number of hydrogen-bond acceptors (Lipinski definition) is 3. The second kappa shape index (κ2) is 6.26. The van der Waals surface area contributed by atoms with Gasteiger partial charge >= 0.3 is 0 Å². The third-order valence-electron chi connectivity index (χ3n) is 3.59. The Morgan fingerprint density at radius 2 is 2.35 bits per heavy atom. The Balaban J connectivity index is 1.94. The molecule has 1 aliphatic rings. The quantitative estimate of drug-likeness (QED) is 0.851. The van der Waals surface area contributed by atoms with Crippen LogP contribution in [0.25, 0.3) is 0 Å². The van der Waals surface area contributed by atoms with Gasteiger partial charge in [-0.1, -0.05) is 13.3 Å². The van der Waals surface area contributed by atoms with Gasteiger partial charge in [0, 0.05) is 22.2 Å². The van der Waals surface area contributed by atoms with Crippen LogP contribution >= 0.6 is 23.1 Å². The monoisotopic (exact) mass is 269 g/mol. The minimum absolute atomic E-state index is 0.512. The topological polar surface area (TPSA) is 12.0 Å². The van der Waals surface area contributed by atoms with Crippen LogP contribution in [0.15, 0.2) is 11.4 Å². The third-order valence-corrected chi connectivity index (χ3v) is 6.12. The number of aryl methyl sites for hydroxylation is 1. The highest BCUT2D eigenvalue weighted by Gasteiger charge is 2.28. The average molecular weight is 269 g/mol. The van der Waals surface area contributed by atoms with Gasteiger partial charge in [-0.3, -0.25) is 0 Å². The summed E-state index contributed by atoms with van der Waals surface area (Å²) >= 11 is 4.02. The molecule has 1 nitrogen and oxygen atoms in total. The van der Waals surface area contributed by atoms with Crippen molar-refractivity contribution in [3.8, 4) is 0 Å². The molecule has 1 aromatic rings. The van der Waals surface area contributed by atoms with Crippen molar-refractivity contribution in [1.29, 1.82) is 0 Å². The summed E-state index contributed by atoms with van der Waals surface area (Å²) in [5, 5.41) is 6.89. The molecular formula is C14H23NS2. The van der Waals surface area contributed by atoms with Gasteiger partial charge in [0.05, 0.1) is 0 Å². The van der Waals surface area contributed by atoms with Crippen molar-refractivity contribution in [3.63, 3.8) is 0 Å². The largest absolute Gasteiger partial charge is 0.306 e. The van der Waals surface area contributed by atoms with Crippen molar-refractivity contribution in [3.05, 3.63) is 21.9 Å². The molecule has 0 spiro atoms. The number of rotatable bonds is 5. The summed E-state index contributed by atoms with van der Waals surface area (Å²) in [5.41, 5.74) is 1.44. The zero-order chi connectivity index (χ0) is 12.3. The first-order valence-corrected chi connectivity index (χ1v) is 8.56. The maximum atomic E-state index is 3.85. The molecule has 3 heteroatoms. The van der Waals surface area contributed by atoms with Crippen molar-refractivity contribution in [2.45, 2.75) is 57.4 Å². The molecule has 0 aliphatic heterocycles. The summed E-state index contributed by atoms with van der Waals surface area (Å²) in [5.74, 6) is 1.25. The summed E-state index contributed by atoms with van der Waals surface area (Å²) in [6.45, 7) is 6.80. The van der Waals surface area contributed by atoms with Gasteiger partial charge in [0.15, 0.2) is 0 Å². The van der Waals surface area contributed by atoms with Crippen molar-refractivity contribution >= 4 is 23.1 Å². The lowest BCUT2D eigenvalue weighted by Gasteiger charge is -2.24. The zero-order valence-electron chi connectivity index (χ0n) is 11.0. The highest BCUT2D eigenvalue weighted by Crippen LogP contribution is 2.32. The van der Waals surface area contributed by atoms with Gasteiger partial charge in [-0.2, -0.15) is 11.8 Å². The van der Waals surface area contributed by atoms with E-state index >= 15 is 0 Å². The smallest absolute Gasteiger partial charge is 0.0391 e. The molecule has 17 heavy (non-hydrogen) atoms. The minimum Gasteiger partial charge on any atom is -0.306 e. The molecule has 2 rings (SSSR count). The van der Waals surface area contributed by atoms with Crippen molar-refractivity contribution in [2.24, 2.45) is 0 Å². The van der Waals surface area contributed by atoms with E-state index in [4.69, 9.17) is 0 Å². The molecule has 0 amide bonds. The molecule has 0 saturated heterocycles. The summed E-state index contributed by atoms with van der Waals surface area (Å²) in [6, 6.07) is 3.46. The Kier molecular flexibility index (Phi) is 4.95. The maximum absolute atomic E-state index is 3.85. The first-order chi connectivity index (χ1) is 8.22. The number of thioether (sulfide) groups is 1. The Morgan fingerprint density at radius 3 is 3.00 bits per heavy atom. The molecule has 0 radical (unpaired) electrons. The van der Waals surface area contributed by atoms with Gasteiger partial charge in [-0.15, -0.1) is 11.3 Å². The lowest BCUT2D eigenvalue weighted by molar-refractivity contribution is 0.471. The zero-order valence-corrected chi connectivity index (χ0v) is 12.7. The Morgan fingerprint density at radius 1 is 1.53 bits per heavy atom. The lowest BCUT2D eigenvalue weighted by atomic mass is 10.1. The second-order valence-electron chi connectivity index (χ2n) is 4.89. The van der Waals surface area contributed by atoms with Gasteiger partial charge in [-0.25, -0.2) is 0 Å². The fourth-order valence-corrected chi connectivity index (χ4v) is 4.91. The van der Waals surface area contributed by atoms with Crippen LogP contribution in [0.1, 0.15) is 49.6 Å². The maximum Gasteiger partial charge on any atom is 0.0391 e. The molecule has 3 atom stereocenters. The van der Waals surface area contributed by atoms with Crippen molar-refractivity contribution < 1.29 is 0 Å². The molecule has 1 fully saturated rings. The fraction of sp³-hybridized carbons (Fsp3) is 0.714. The average Bonchev–Trinajstić information content (AvgIpc) is 2.89. The SMILES string of the molecule is CCSC1CCCC1NC(C)c1sccc1C. The number of hydrogen-bond donors (Lipinski definition) is 1. The normalized spacial score (nSPS) is 26.3. The summed E-state index contributed by atoms with van der Waals surface area (Å²) in [6.07, 6.45) is 4.14. The standard InChI is InChI=1S/C14H23NS2/c1-4-16-13-7-5-6-12(13)15-11(3)14-10(2)8-9-17-14/h8-9,11-13,15H,4-7H2,1-3H3. The Labute approximate surface area is 113 Å². The van der Waals surface area contributed by atoms with E-state index in [2.05, 4.69) is 49.3 Å². The summed E-state index contributed by atoms with van der Waals surface area (Å²) in [7, 11) is 0. The highest BCUT2D eigenvalue weighted by molar-refractivity contribution is 7.99. The van der Waals surface area contributed by atoms with E-state index in [-0.39, 0.29) is 0 Å². The molecular weight excluding hydrogens is 246 g/mol. The van der Waals surface area contributed by atoms with Crippen LogP contribution in [0.2, 0.25) is 0 Å². The molecule has 1 aliphatic carbocycles. The van der Waals surface area contributed by atoms with Gasteiger partial charge in [0.25, 0.3) is 0 Å². The van der Waals surface area contributed by atoms with Crippen LogP contribution in [0.5, 0.6) is 0 Å². The fourth-order valence-electron chi connectivity index (χ4n) is 2.76. The third kappa shape index (κ3) is 3.27. The van der Waals surface area contributed by atoms with Gasteiger partial charge in [0.2, 0.25) is 0 Å². The van der Waals surface area contributed by atoms with Gasteiger partial charge in [0.1, 0.15) is 0 Å². The van der Waals surface area contributed by atoms with Crippen LogP contribution in [-0.2, 0) is 0 Å².